The number of aliphatic carboxylic acids is 1. The number of amides is 1. The summed E-state index contributed by atoms with van der Waals surface area (Å²) in [6.45, 7) is 1.57. The number of carboxylic acid groups (broad SMARTS) is 1. The van der Waals surface area contributed by atoms with E-state index in [0.717, 1.165) is 0 Å². The first-order valence-electron chi connectivity index (χ1n) is 7.97. The fourth-order valence-electron chi connectivity index (χ4n) is 2.95. The molecule has 140 valence electrons. The topological polar surface area (TPSA) is 101 Å². The van der Waals surface area contributed by atoms with Crippen LogP contribution in [0, 0.1) is 17.0 Å². The van der Waals surface area contributed by atoms with E-state index in [4.69, 9.17) is 11.6 Å². The fourth-order valence-corrected chi connectivity index (χ4v) is 4.71. The summed E-state index contributed by atoms with van der Waals surface area (Å²) in [6, 6.07) is 10.00. The van der Waals surface area contributed by atoms with E-state index in [2.05, 4.69) is 0 Å². The van der Waals surface area contributed by atoms with Gasteiger partial charge in [-0.05, 0) is 19.1 Å². The van der Waals surface area contributed by atoms with Crippen LogP contribution in [0.25, 0.3) is 0 Å². The zero-order valence-corrected chi connectivity index (χ0v) is 15.7. The SMILES string of the molecule is Cc1ccc(C(=O)N2[C@@H](c3ccccc3Cl)SC[C@H]2C(=O)O)cc1[N+](=O)[O-]. The number of carboxylic acids is 1. The van der Waals surface area contributed by atoms with Gasteiger partial charge in [-0.3, -0.25) is 14.9 Å². The largest absolute Gasteiger partial charge is 0.480 e. The van der Waals surface area contributed by atoms with Crippen LogP contribution >= 0.6 is 23.4 Å². The third kappa shape index (κ3) is 3.63. The predicted molar refractivity (Wildman–Crippen MR) is 102 cm³/mol. The van der Waals surface area contributed by atoms with Crippen molar-refractivity contribution < 1.29 is 19.6 Å². The molecular weight excluding hydrogens is 392 g/mol. The van der Waals surface area contributed by atoms with Crippen molar-refractivity contribution in [3.63, 3.8) is 0 Å². The van der Waals surface area contributed by atoms with Gasteiger partial charge in [0.05, 0.1) is 4.92 Å². The lowest BCUT2D eigenvalue weighted by molar-refractivity contribution is -0.385. The lowest BCUT2D eigenvalue weighted by Crippen LogP contribution is -2.43. The van der Waals surface area contributed by atoms with Crippen LogP contribution in [0.2, 0.25) is 5.02 Å². The molecule has 9 heteroatoms. The highest BCUT2D eigenvalue weighted by atomic mass is 35.5. The number of hydrogen-bond acceptors (Lipinski definition) is 5. The monoisotopic (exact) mass is 406 g/mol. The molecule has 0 radical (unpaired) electrons. The van der Waals surface area contributed by atoms with Gasteiger partial charge >= 0.3 is 5.97 Å². The minimum absolute atomic E-state index is 0.0677. The summed E-state index contributed by atoms with van der Waals surface area (Å²) in [5.41, 5.74) is 0.930. The second kappa shape index (κ2) is 7.58. The minimum atomic E-state index is -1.13. The van der Waals surface area contributed by atoms with Gasteiger partial charge in [0.1, 0.15) is 11.4 Å². The standard InChI is InChI=1S/C18H15ClN2O5S/c1-10-6-7-11(8-14(10)21(25)26)16(22)20-15(18(23)24)9-27-17(20)12-4-2-3-5-13(12)19/h2-8,15,17H,9H2,1H3,(H,23,24)/t15-,17+/m0/s1. The van der Waals surface area contributed by atoms with Crippen molar-refractivity contribution in [1.29, 1.82) is 0 Å². The molecular formula is C18H15ClN2O5S. The molecule has 0 aromatic heterocycles. The molecule has 1 saturated heterocycles. The Morgan fingerprint density at radius 3 is 2.63 bits per heavy atom. The molecule has 7 nitrogen and oxygen atoms in total. The maximum absolute atomic E-state index is 13.1. The summed E-state index contributed by atoms with van der Waals surface area (Å²) in [7, 11) is 0. The number of nitro benzene ring substituents is 1. The van der Waals surface area contributed by atoms with E-state index in [1.165, 1.54) is 34.9 Å². The Bertz CT molecular complexity index is 936. The highest BCUT2D eigenvalue weighted by Gasteiger charge is 2.43. The van der Waals surface area contributed by atoms with Crippen LogP contribution in [-0.4, -0.2) is 38.6 Å². The van der Waals surface area contributed by atoms with E-state index < -0.39 is 28.2 Å². The summed E-state index contributed by atoms with van der Waals surface area (Å²) in [5, 5.41) is 20.6. The smallest absolute Gasteiger partial charge is 0.327 e. The fraction of sp³-hybridized carbons (Fsp3) is 0.222. The summed E-state index contributed by atoms with van der Waals surface area (Å²) in [6.07, 6.45) is 0. The van der Waals surface area contributed by atoms with Crippen molar-refractivity contribution >= 4 is 40.9 Å². The lowest BCUT2D eigenvalue weighted by Gasteiger charge is -2.28. The van der Waals surface area contributed by atoms with Crippen LogP contribution in [0.15, 0.2) is 42.5 Å². The third-order valence-electron chi connectivity index (χ3n) is 4.34. The molecule has 1 heterocycles. The summed E-state index contributed by atoms with van der Waals surface area (Å²) in [4.78, 5) is 36.7. The zero-order valence-electron chi connectivity index (χ0n) is 14.2. The predicted octanol–water partition coefficient (Wildman–Crippen LogP) is 3.90. The van der Waals surface area contributed by atoms with Crippen LogP contribution in [0.4, 0.5) is 5.69 Å². The number of rotatable bonds is 4. The Hall–Kier alpha value is -2.58. The van der Waals surface area contributed by atoms with Crippen molar-refractivity contribution in [2.45, 2.75) is 18.3 Å². The number of nitrogens with zero attached hydrogens (tertiary/aromatic N) is 2. The number of nitro groups is 1. The molecule has 1 aliphatic rings. The van der Waals surface area contributed by atoms with Gasteiger partial charge in [-0.2, -0.15) is 0 Å². The van der Waals surface area contributed by atoms with E-state index in [1.54, 1.807) is 31.2 Å². The molecule has 1 aliphatic heterocycles. The zero-order chi connectivity index (χ0) is 19.7. The first-order chi connectivity index (χ1) is 12.8. The Balaban J connectivity index is 2.05. The number of benzene rings is 2. The average molecular weight is 407 g/mol. The number of halogens is 1. The van der Waals surface area contributed by atoms with Crippen molar-refractivity contribution in [2.24, 2.45) is 0 Å². The molecule has 0 aliphatic carbocycles. The molecule has 0 spiro atoms. The van der Waals surface area contributed by atoms with Gasteiger partial charge in [0.2, 0.25) is 0 Å². The summed E-state index contributed by atoms with van der Waals surface area (Å²) < 4.78 is 0. The Labute approximate surface area is 164 Å². The van der Waals surface area contributed by atoms with Gasteiger partial charge in [-0.25, -0.2) is 4.79 Å². The molecule has 1 N–H and O–H groups in total. The molecule has 2 aromatic carbocycles. The average Bonchev–Trinajstić information content (AvgIpc) is 3.06. The van der Waals surface area contributed by atoms with Crippen LogP contribution < -0.4 is 0 Å². The maximum atomic E-state index is 13.1. The van der Waals surface area contributed by atoms with E-state index >= 15 is 0 Å². The highest BCUT2D eigenvalue weighted by molar-refractivity contribution is 7.99. The van der Waals surface area contributed by atoms with Crippen molar-refractivity contribution in [1.82, 2.24) is 4.90 Å². The molecule has 1 fully saturated rings. The van der Waals surface area contributed by atoms with Gasteiger partial charge in [0.15, 0.2) is 0 Å². The minimum Gasteiger partial charge on any atom is -0.480 e. The van der Waals surface area contributed by atoms with Gasteiger partial charge < -0.3 is 10.0 Å². The van der Waals surface area contributed by atoms with Crippen molar-refractivity contribution in [3.05, 3.63) is 74.3 Å². The first-order valence-corrected chi connectivity index (χ1v) is 9.40. The van der Waals surface area contributed by atoms with E-state index in [-0.39, 0.29) is 17.0 Å². The molecule has 0 saturated carbocycles. The van der Waals surface area contributed by atoms with Crippen LogP contribution in [0.5, 0.6) is 0 Å². The molecule has 1 amide bonds. The van der Waals surface area contributed by atoms with Gasteiger partial charge in [0, 0.05) is 33.5 Å². The van der Waals surface area contributed by atoms with Crippen molar-refractivity contribution in [2.75, 3.05) is 5.75 Å². The van der Waals surface area contributed by atoms with Crippen molar-refractivity contribution in [3.8, 4) is 0 Å². The Morgan fingerprint density at radius 2 is 2.00 bits per heavy atom. The van der Waals surface area contributed by atoms with Crippen LogP contribution in [0.3, 0.4) is 0 Å². The Morgan fingerprint density at radius 1 is 1.30 bits per heavy atom. The molecule has 2 atom stereocenters. The quantitative estimate of drug-likeness (QED) is 0.610. The summed E-state index contributed by atoms with van der Waals surface area (Å²) >= 11 is 7.54. The van der Waals surface area contributed by atoms with E-state index in [1.807, 2.05) is 0 Å². The highest BCUT2D eigenvalue weighted by Crippen LogP contribution is 2.44. The van der Waals surface area contributed by atoms with E-state index in [0.29, 0.717) is 16.1 Å². The Kier molecular flexibility index (Phi) is 5.38. The first kappa shape index (κ1) is 19.2. The number of hydrogen-bond donors (Lipinski definition) is 1. The number of thioether (sulfide) groups is 1. The molecule has 2 aromatic rings. The molecule has 0 bridgehead atoms. The third-order valence-corrected chi connectivity index (χ3v) is 5.99. The number of aryl methyl sites for hydroxylation is 1. The number of carbonyl (C=O) groups excluding carboxylic acids is 1. The summed E-state index contributed by atoms with van der Waals surface area (Å²) in [5.74, 6) is -1.52. The lowest BCUT2D eigenvalue weighted by atomic mass is 10.1. The van der Waals surface area contributed by atoms with Gasteiger partial charge in [-0.15, -0.1) is 11.8 Å². The molecule has 3 rings (SSSR count). The molecule has 0 unspecified atom stereocenters. The maximum Gasteiger partial charge on any atom is 0.327 e. The van der Waals surface area contributed by atoms with Crippen LogP contribution in [-0.2, 0) is 4.79 Å². The molecule has 27 heavy (non-hydrogen) atoms. The van der Waals surface area contributed by atoms with Crippen LogP contribution in [0.1, 0.15) is 26.9 Å². The number of carbonyl (C=O) groups is 2. The van der Waals surface area contributed by atoms with E-state index in [9.17, 15) is 24.8 Å². The normalized spacial score (nSPS) is 19.1. The second-order valence-electron chi connectivity index (χ2n) is 6.03. The van der Waals surface area contributed by atoms with Gasteiger partial charge in [-0.1, -0.05) is 35.9 Å². The second-order valence-corrected chi connectivity index (χ2v) is 7.55. The van der Waals surface area contributed by atoms with Gasteiger partial charge in [0.25, 0.3) is 11.6 Å².